The molecule has 0 aliphatic rings. The molecule has 0 bridgehead atoms. The number of carbonyl (C=O) groups is 2. The van der Waals surface area contributed by atoms with E-state index in [9.17, 15) is 9.59 Å². The Morgan fingerprint density at radius 3 is 2.57 bits per heavy atom. The summed E-state index contributed by atoms with van der Waals surface area (Å²) < 4.78 is 10.0. The highest BCUT2D eigenvalue weighted by atomic mass is 16.5. The van der Waals surface area contributed by atoms with Crippen LogP contribution in [0.4, 0.5) is 0 Å². The third-order valence-corrected chi connectivity index (χ3v) is 3.07. The second-order valence-electron chi connectivity index (χ2n) is 4.74. The molecule has 0 saturated carbocycles. The van der Waals surface area contributed by atoms with Gasteiger partial charge in [-0.1, -0.05) is 30.3 Å². The molecular weight excluding hydrogens is 296 g/mol. The molecule has 1 N–H and O–H groups in total. The number of benzene rings is 1. The van der Waals surface area contributed by atoms with Gasteiger partial charge in [0.2, 0.25) is 5.88 Å². The van der Waals surface area contributed by atoms with Crippen molar-refractivity contribution in [1.82, 2.24) is 10.3 Å². The zero-order chi connectivity index (χ0) is 16.5. The maximum absolute atomic E-state index is 11.9. The lowest BCUT2D eigenvalue weighted by Crippen LogP contribution is -2.26. The molecule has 0 fully saturated rings. The third-order valence-electron chi connectivity index (χ3n) is 3.07. The molecule has 0 saturated heterocycles. The van der Waals surface area contributed by atoms with Gasteiger partial charge in [-0.25, -0.2) is 4.98 Å². The number of pyridine rings is 1. The Kier molecular flexibility index (Phi) is 6.11. The van der Waals surface area contributed by atoms with Crippen molar-refractivity contribution in [3.63, 3.8) is 0 Å². The van der Waals surface area contributed by atoms with Gasteiger partial charge in [-0.15, -0.1) is 0 Å². The fraction of sp³-hybridized carbons (Fsp3) is 0.235. The summed E-state index contributed by atoms with van der Waals surface area (Å²) in [4.78, 5) is 26.9. The van der Waals surface area contributed by atoms with Gasteiger partial charge in [-0.2, -0.15) is 0 Å². The highest BCUT2D eigenvalue weighted by Crippen LogP contribution is 2.10. The Balaban J connectivity index is 1.81. The predicted molar refractivity (Wildman–Crippen MR) is 84.0 cm³/mol. The van der Waals surface area contributed by atoms with Gasteiger partial charge in [0.1, 0.15) is 6.61 Å². The number of nitrogens with one attached hydrogen (secondary N) is 1. The molecule has 0 aliphatic heterocycles. The van der Waals surface area contributed by atoms with E-state index in [1.54, 1.807) is 12.1 Å². The molecular formula is C17H18N2O4. The standard InChI is InChI=1S/C17H18N2O4/c1-22-16(20)9-10-18-17(21)14-7-8-15(19-11-14)23-12-13-5-3-2-4-6-13/h2-8,11H,9-10,12H2,1H3,(H,18,21). The summed E-state index contributed by atoms with van der Waals surface area (Å²) in [6, 6.07) is 13.0. The van der Waals surface area contributed by atoms with Crippen molar-refractivity contribution in [2.24, 2.45) is 0 Å². The number of esters is 1. The van der Waals surface area contributed by atoms with Crippen LogP contribution < -0.4 is 10.1 Å². The van der Waals surface area contributed by atoms with Crippen LogP contribution in [0.1, 0.15) is 22.3 Å². The van der Waals surface area contributed by atoms with Crippen molar-refractivity contribution in [3.05, 3.63) is 59.8 Å². The van der Waals surface area contributed by atoms with Crippen LogP contribution in [0.3, 0.4) is 0 Å². The summed E-state index contributed by atoms with van der Waals surface area (Å²) in [7, 11) is 1.31. The molecule has 120 valence electrons. The maximum Gasteiger partial charge on any atom is 0.307 e. The lowest BCUT2D eigenvalue weighted by Gasteiger charge is -2.07. The fourth-order valence-corrected chi connectivity index (χ4v) is 1.81. The summed E-state index contributed by atoms with van der Waals surface area (Å²) in [5.74, 6) is -0.218. The summed E-state index contributed by atoms with van der Waals surface area (Å²) in [5, 5.41) is 2.62. The minimum Gasteiger partial charge on any atom is -0.473 e. The van der Waals surface area contributed by atoms with Crippen LogP contribution >= 0.6 is 0 Å². The third kappa shape index (κ3) is 5.43. The number of hydrogen-bond acceptors (Lipinski definition) is 5. The van der Waals surface area contributed by atoms with Gasteiger partial charge in [0.05, 0.1) is 19.1 Å². The number of methoxy groups -OCH3 is 1. The SMILES string of the molecule is COC(=O)CCNC(=O)c1ccc(OCc2ccccc2)nc1. The molecule has 0 aliphatic carbocycles. The minimum atomic E-state index is -0.368. The quantitative estimate of drug-likeness (QED) is 0.790. The van der Waals surface area contributed by atoms with E-state index >= 15 is 0 Å². The highest BCUT2D eigenvalue weighted by molar-refractivity contribution is 5.94. The molecule has 6 heteroatoms. The van der Waals surface area contributed by atoms with Gasteiger partial charge in [-0.05, 0) is 11.6 Å². The monoisotopic (exact) mass is 314 g/mol. The average Bonchev–Trinajstić information content (AvgIpc) is 2.61. The van der Waals surface area contributed by atoms with E-state index in [0.717, 1.165) is 5.56 Å². The first-order valence-corrected chi connectivity index (χ1v) is 7.17. The first-order valence-electron chi connectivity index (χ1n) is 7.17. The maximum atomic E-state index is 11.9. The second kappa shape index (κ2) is 8.53. The molecule has 0 radical (unpaired) electrons. The molecule has 1 aromatic carbocycles. The predicted octanol–water partition coefficient (Wildman–Crippen LogP) is 1.95. The molecule has 0 unspecified atom stereocenters. The van der Waals surface area contributed by atoms with E-state index in [-0.39, 0.29) is 24.8 Å². The van der Waals surface area contributed by atoms with E-state index in [2.05, 4.69) is 15.0 Å². The molecule has 1 heterocycles. The van der Waals surface area contributed by atoms with Gasteiger partial charge in [0.15, 0.2) is 0 Å². The smallest absolute Gasteiger partial charge is 0.307 e. The second-order valence-corrected chi connectivity index (χ2v) is 4.74. The van der Waals surface area contributed by atoms with Gasteiger partial charge >= 0.3 is 5.97 Å². The largest absolute Gasteiger partial charge is 0.473 e. The zero-order valence-electron chi connectivity index (χ0n) is 12.8. The number of amides is 1. The Labute approximate surface area is 134 Å². The molecule has 0 atom stereocenters. The van der Waals surface area contributed by atoms with Gasteiger partial charge < -0.3 is 14.8 Å². The summed E-state index contributed by atoms with van der Waals surface area (Å²) in [6.07, 6.45) is 1.57. The molecule has 2 aromatic rings. The molecule has 0 spiro atoms. The fourth-order valence-electron chi connectivity index (χ4n) is 1.81. The van der Waals surface area contributed by atoms with Crippen molar-refractivity contribution in [2.75, 3.05) is 13.7 Å². The molecule has 23 heavy (non-hydrogen) atoms. The Hall–Kier alpha value is -2.89. The number of nitrogens with zero attached hydrogens (tertiary/aromatic N) is 1. The molecule has 1 amide bonds. The van der Waals surface area contributed by atoms with Crippen LogP contribution in [-0.2, 0) is 16.1 Å². The van der Waals surface area contributed by atoms with E-state index < -0.39 is 0 Å². The summed E-state index contributed by atoms with van der Waals surface area (Å²) >= 11 is 0. The normalized spacial score (nSPS) is 9.96. The average molecular weight is 314 g/mol. The molecule has 6 nitrogen and oxygen atoms in total. The Bertz CT molecular complexity index is 641. The number of rotatable bonds is 7. The van der Waals surface area contributed by atoms with E-state index in [1.807, 2.05) is 30.3 Å². The van der Waals surface area contributed by atoms with Crippen molar-refractivity contribution in [2.45, 2.75) is 13.0 Å². The summed E-state index contributed by atoms with van der Waals surface area (Å²) in [6.45, 7) is 0.635. The Morgan fingerprint density at radius 1 is 1.13 bits per heavy atom. The van der Waals surface area contributed by atoms with Crippen LogP contribution in [0.5, 0.6) is 5.88 Å². The van der Waals surface area contributed by atoms with E-state index in [0.29, 0.717) is 18.1 Å². The number of ether oxygens (including phenoxy) is 2. The Morgan fingerprint density at radius 2 is 1.91 bits per heavy atom. The van der Waals surface area contributed by atoms with Crippen LogP contribution in [-0.4, -0.2) is 30.5 Å². The summed E-state index contributed by atoms with van der Waals surface area (Å²) in [5.41, 5.74) is 1.45. The number of carbonyl (C=O) groups excluding carboxylic acids is 2. The lowest BCUT2D eigenvalue weighted by molar-refractivity contribution is -0.140. The minimum absolute atomic E-state index is 0.133. The lowest BCUT2D eigenvalue weighted by atomic mass is 10.2. The first kappa shape index (κ1) is 16.5. The van der Waals surface area contributed by atoms with Crippen LogP contribution in [0.2, 0.25) is 0 Å². The highest BCUT2D eigenvalue weighted by Gasteiger charge is 2.07. The van der Waals surface area contributed by atoms with Gasteiger partial charge in [0, 0.05) is 18.8 Å². The first-order chi connectivity index (χ1) is 11.2. The topological polar surface area (TPSA) is 77.5 Å². The van der Waals surface area contributed by atoms with Crippen molar-refractivity contribution < 1.29 is 19.1 Å². The number of hydrogen-bond donors (Lipinski definition) is 1. The van der Waals surface area contributed by atoms with Crippen molar-refractivity contribution >= 4 is 11.9 Å². The van der Waals surface area contributed by atoms with Crippen LogP contribution in [0, 0.1) is 0 Å². The number of aromatic nitrogens is 1. The van der Waals surface area contributed by atoms with Crippen molar-refractivity contribution in [3.8, 4) is 5.88 Å². The zero-order valence-corrected chi connectivity index (χ0v) is 12.8. The van der Waals surface area contributed by atoms with Gasteiger partial charge in [-0.3, -0.25) is 9.59 Å². The van der Waals surface area contributed by atoms with Crippen LogP contribution in [0.25, 0.3) is 0 Å². The van der Waals surface area contributed by atoms with Gasteiger partial charge in [0.25, 0.3) is 5.91 Å². The van der Waals surface area contributed by atoms with E-state index in [4.69, 9.17) is 4.74 Å². The van der Waals surface area contributed by atoms with Crippen LogP contribution in [0.15, 0.2) is 48.7 Å². The molecule has 2 rings (SSSR count). The van der Waals surface area contributed by atoms with Crippen molar-refractivity contribution in [1.29, 1.82) is 0 Å². The molecule has 1 aromatic heterocycles. The van der Waals surface area contributed by atoms with E-state index in [1.165, 1.54) is 13.3 Å².